The first-order valence-electron chi connectivity index (χ1n) is 9.46. The van der Waals surface area contributed by atoms with Crippen molar-refractivity contribution in [3.8, 4) is 0 Å². The van der Waals surface area contributed by atoms with Crippen molar-refractivity contribution in [1.82, 2.24) is 25.4 Å². The topological polar surface area (TPSA) is 101 Å². The van der Waals surface area contributed by atoms with E-state index in [-0.39, 0.29) is 18.1 Å². The van der Waals surface area contributed by atoms with E-state index in [1.165, 1.54) is 11.3 Å². The Morgan fingerprint density at radius 1 is 1.20 bits per heavy atom. The Kier molecular flexibility index (Phi) is 6.50. The van der Waals surface area contributed by atoms with Crippen LogP contribution in [0.3, 0.4) is 0 Å². The summed E-state index contributed by atoms with van der Waals surface area (Å²) in [4.78, 5) is 35.9. The summed E-state index contributed by atoms with van der Waals surface area (Å²) in [5.41, 5.74) is 6.94. The van der Waals surface area contributed by atoms with Gasteiger partial charge in [0.1, 0.15) is 18.1 Å². The van der Waals surface area contributed by atoms with Gasteiger partial charge in [-0.05, 0) is 18.4 Å². The van der Waals surface area contributed by atoms with E-state index in [1.807, 2.05) is 35.1 Å². The molecule has 0 aliphatic carbocycles. The normalized spacial score (nSPS) is 14.1. The number of nitrogens with zero attached hydrogens (tertiary/aromatic N) is 4. The summed E-state index contributed by atoms with van der Waals surface area (Å²) >= 11 is 3.04. The molecule has 9 nitrogen and oxygen atoms in total. The molecule has 11 heteroatoms. The second kappa shape index (κ2) is 9.45. The van der Waals surface area contributed by atoms with Gasteiger partial charge in [-0.15, -0.1) is 11.3 Å². The van der Waals surface area contributed by atoms with Crippen molar-refractivity contribution < 1.29 is 14.3 Å². The van der Waals surface area contributed by atoms with E-state index in [1.54, 1.807) is 17.1 Å². The third-order valence-corrected chi connectivity index (χ3v) is 6.08. The lowest BCUT2D eigenvalue weighted by Crippen LogP contribution is -2.43. The lowest BCUT2D eigenvalue weighted by Gasteiger charge is -2.25. The van der Waals surface area contributed by atoms with Crippen LogP contribution in [0.25, 0.3) is 11.0 Å². The number of rotatable bonds is 6. The number of thiazole rings is 1. The highest BCUT2D eigenvalue weighted by Gasteiger charge is 2.18. The van der Waals surface area contributed by atoms with E-state index in [9.17, 15) is 9.59 Å². The number of fused-ring (bicyclic) bond motifs is 1. The minimum atomic E-state index is -0.445. The summed E-state index contributed by atoms with van der Waals surface area (Å²) < 4.78 is 7.20. The lowest BCUT2D eigenvalue weighted by atomic mass is 10.3. The number of thioether (sulfide) groups is 1. The molecule has 3 aromatic rings. The summed E-state index contributed by atoms with van der Waals surface area (Å²) in [7, 11) is 0. The van der Waals surface area contributed by atoms with Gasteiger partial charge in [-0.1, -0.05) is 12.1 Å². The van der Waals surface area contributed by atoms with E-state index < -0.39 is 5.91 Å². The van der Waals surface area contributed by atoms with Crippen molar-refractivity contribution in [2.75, 3.05) is 37.5 Å². The number of ether oxygens (including phenoxy) is 1. The van der Waals surface area contributed by atoms with Gasteiger partial charge in [-0.25, -0.2) is 9.97 Å². The quantitative estimate of drug-likeness (QED) is 0.555. The molecule has 2 amide bonds. The number of nitrogens with one attached hydrogen (secondary N) is 2. The SMILES string of the molecule is CSCc1nc2ccccc2n1CC(=O)NNC(=O)c1csc(N2CCOCC2)n1. The molecule has 158 valence electrons. The van der Waals surface area contributed by atoms with Gasteiger partial charge in [-0.2, -0.15) is 11.8 Å². The van der Waals surface area contributed by atoms with Gasteiger partial charge >= 0.3 is 0 Å². The van der Waals surface area contributed by atoms with Crippen LogP contribution in [0.1, 0.15) is 16.3 Å². The molecule has 1 fully saturated rings. The molecule has 3 heterocycles. The molecule has 0 saturated carbocycles. The minimum Gasteiger partial charge on any atom is -0.378 e. The molecule has 2 aromatic heterocycles. The maximum Gasteiger partial charge on any atom is 0.289 e. The molecular formula is C19H22N6O3S2. The van der Waals surface area contributed by atoms with Crippen LogP contribution in [0.15, 0.2) is 29.6 Å². The monoisotopic (exact) mass is 446 g/mol. The van der Waals surface area contributed by atoms with Crippen molar-refractivity contribution in [2.24, 2.45) is 0 Å². The number of imidazole rings is 1. The maximum atomic E-state index is 12.5. The first-order chi connectivity index (χ1) is 14.7. The summed E-state index contributed by atoms with van der Waals surface area (Å²) in [6.07, 6.45) is 1.99. The number of anilines is 1. The standard InChI is InChI=1S/C19H22N6O3S2/c1-29-12-16-20-13-4-2-3-5-15(13)25(16)10-17(26)22-23-18(27)14-11-30-19(21-14)24-6-8-28-9-7-24/h2-5,11H,6-10,12H2,1H3,(H,22,26)(H,23,27). The number of benzene rings is 1. The van der Waals surface area contributed by atoms with Crippen molar-refractivity contribution >= 4 is 51.1 Å². The van der Waals surface area contributed by atoms with Crippen molar-refractivity contribution in [2.45, 2.75) is 12.3 Å². The smallest absolute Gasteiger partial charge is 0.289 e. The molecule has 1 saturated heterocycles. The highest BCUT2D eigenvalue weighted by Crippen LogP contribution is 2.21. The number of hydrogen-bond acceptors (Lipinski definition) is 8. The minimum absolute atomic E-state index is 0.0623. The molecule has 4 rings (SSSR count). The Morgan fingerprint density at radius 2 is 2.00 bits per heavy atom. The van der Waals surface area contributed by atoms with Gasteiger partial charge in [0.15, 0.2) is 5.13 Å². The Morgan fingerprint density at radius 3 is 2.80 bits per heavy atom. The Hall–Kier alpha value is -2.63. The van der Waals surface area contributed by atoms with E-state index in [0.717, 1.165) is 35.1 Å². The van der Waals surface area contributed by atoms with Crippen LogP contribution in [-0.2, 0) is 21.8 Å². The third-order valence-electron chi connectivity index (χ3n) is 4.63. The Balaban J connectivity index is 1.37. The fraction of sp³-hybridized carbons (Fsp3) is 0.368. The first kappa shape index (κ1) is 20.6. The molecule has 30 heavy (non-hydrogen) atoms. The first-order valence-corrected chi connectivity index (χ1v) is 11.7. The molecule has 1 aromatic carbocycles. The predicted molar refractivity (Wildman–Crippen MR) is 118 cm³/mol. The van der Waals surface area contributed by atoms with Crippen molar-refractivity contribution in [3.05, 3.63) is 41.2 Å². The van der Waals surface area contributed by atoms with Gasteiger partial charge in [0.25, 0.3) is 11.8 Å². The van der Waals surface area contributed by atoms with Crippen molar-refractivity contribution in [1.29, 1.82) is 0 Å². The third kappa shape index (κ3) is 4.58. The fourth-order valence-corrected chi connectivity index (χ4v) is 4.52. The van der Waals surface area contributed by atoms with Gasteiger partial charge in [-0.3, -0.25) is 20.4 Å². The zero-order chi connectivity index (χ0) is 20.9. The van der Waals surface area contributed by atoms with Crippen LogP contribution in [0.2, 0.25) is 0 Å². The van der Waals surface area contributed by atoms with Crippen LogP contribution >= 0.6 is 23.1 Å². The number of para-hydroxylation sites is 2. The molecule has 0 unspecified atom stereocenters. The molecule has 0 spiro atoms. The summed E-state index contributed by atoms with van der Waals surface area (Å²) in [5, 5.41) is 2.47. The number of carbonyl (C=O) groups excluding carboxylic acids is 2. The van der Waals surface area contributed by atoms with Crippen LogP contribution < -0.4 is 15.8 Å². The molecule has 0 radical (unpaired) electrons. The average Bonchev–Trinajstić information content (AvgIpc) is 3.39. The average molecular weight is 447 g/mol. The molecule has 1 aliphatic rings. The van der Waals surface area contributed by atoms with E-state index in [4.69, 9.17) is 4.74 Å². The lowest BCUT2D eigenvalue weighted by molar-refractivity contribution is -0.122. The fourth-order valence-electron chi connectivity index (χ4n) is 3.18. The van der Waals surface area contributed by atoms with Gasteiger partial charge in [0.05, 0.1) is 30.0 Å². The number of aromatic nitrogens is 3. The van der Waals surface area contributed by atoms with Crippen LogP contribution in [-0.4, -0.2) is 58.9 Å². The number of hydrogen-bond donors (Lipinski definition) is 2. The molecule has 1 aliphatic heterocycles. The van der Waals surface area contributed by atoms with Crippen LogP contribution in [0.4, 0.5) is 5.13 Å². The number of carbonyl (C=O) groups is 2. The second-order valence-electron chi connectivity index (χ2n) is 6.65. The zero-order valence-corrected chi connectivity index (χ0v) is 18.1. The molecule has 0 bridgehead atoms. The number of morpholine rings is 1. The number of amides is 2. The number of hydrazine groups is 1. The predicted octanol–water partition coefficient (Wildman–Crippen LogP) is 1.65. The maximum absolute atomic E-state index is 12.5. The van der Waals surface area contributed by atoms with Gasteiger partial charge in [0, 0.05) is 18.5 Å². The zero-order valence-electron chi connectivity index (χ0n) is 16.5. The summed E-state index contributed by atoms with van der Waals surface area (Å²) in [6, 6.07) is 7.68. The van der Waals surface area contributed by atoms with Crippen LogP contribution in [0, 0.1) is 0 Å². The highest BCUT2D eigenvalue weighted by atomic mass is 32.2. The summed E-state index contributed by atoms with van der Waals surface area (Å²) in [6.45, 7) is 2.87. The van der Waals surface area contributed by atoms with E-state index in [0.29, 0.717) is 19.0 Å². The van der Waals surface area contributed by atoms with Crippen molar-refractivity contribution in [3.63, 3.8) is 0 Å². The highest BCUT2D eigenvalue weighted by molar-refractivity contribution is 7.97. The van der Waals surface area contributed by atoms with E-state index in [2.05, 4.69) is 25.7 Å². The molecule has 2 N–H and O–H groups in total. The van der Waals surface area contributed by atoms with E-state index >= 15 is 0 Å². The van der Waals surface area contributed by atoms with Gasteiger partial charge < -0.3 is 14.2 Å². The Bertz CT molecular complexity index is 1040. The summed E-state index contributed by atoms with van der Waals surface area (Å²) in [5.74, 6) is 0.730. The van der Waals surface area contributed by atoms with Crippen LogP contribution in [0.5, 0.6) is 0 Å². The molecule has 0 atom stereocenters. The van der Waals surface area contributed by atoms with Gasteiger partial charge in [0.2, 0.25) is 0 Å². The molecular weight excluding hydrogens is 424 g/mol. The Labute approximate surface area is 181 Å². The second-order valence-corrected chi connectivity index (χ2v) is 8.36. The largest absolute Gasteiger partial charge is 0.378 e.